The predicted molar refractivity (Wildman–Crippen MR) is 108 cm³/mol. The monoisotopic (exact) mass is 439 g/mol. The van der Waals surface area contributed by atoms with E-state index in [1.807, 2.05) is 0 Å². The van der Waals surface area contributed by atoms with Gasteiger partial charge in [-0.05, 0) is 32.1 Å². The maximum atomic E-state index is 5.57. The molecule has 0 spiro atoms. The summed E-state index contributed by atoms with van der Waals surface area (Å²) >= 11 is 0. The molecule has 0 amide bonds. The van der Waals surface area contributed by atoms with Crippen LogP contribution >= 0.6 is 24.0 Å². The average Bonchev–Trinajstić information content (AvgIpc) is 2.51. The molecule has 0 radical (unpaired) electrons. The molecule has 0 aromatic carbocycles. The fraction of sp³-hybridized carbons (Fsp3) is 0.824. The number of nitrogens with zero attached hydrogens (tertiary/aromatic N) is 1. The summed E-state index contributed by atoms with van der Waals surface area (Å²) in [7, 11) is 0. The molecule has 0 saturated carbocycles. The first kappa shape index (κ1) is 22.7. The first-order valence-corrected chi connectivity index (χ1v) is 8.58. The van der Waals surface area contributed by atoms with Gasteiger partial charge in [-0.2, -0.15) is 0 Å². The molecule has 1 aliphatic rings. The quantitative estimate of drug-likeness (QED) is 0.181. The van der Waals surface area contributed by atoms with Gasteiger partial charge in [0.25, 0.3) is 0 Å². The molecule has 0 aromatic heterocycles. The Kier molecular flexibility index (Phi) is 15.0. The Morgan fingerprint density at radius 1 is 1.39 bits per heavy atom. The summed E-state index contributed by atoms with van der Waals surface area (Å²) in [6.45, 7) is 12.3. The molecule has 0 fully saturated rings. The molecule has 0 aliphatic carbocycles. The van der Waals surface area contributed by atoms with E-state index < -0.39 is 0 Å². The summed E-state index contributed by atoms with van der Waals surface area (Å²) in [5.41, 5.74) is 1.48. The van der Waals surface area contributed by atoms with Crippen molar-refractivity contribution in [3.05, 3.63) is 11.6 Å². The zero-order chi connectivity index (χ0) is 16.0. The summed E-state index contributed by atoms with van der Waals surface area (Å²) in [6, 6.07) is 0. The SMILES string of the molecule is CCNC(=NCCCOCC(C)C)NCCC1=CCOCC1.I. The minimum atomic E-state index is 0. The van der Waals surface area contributed by atoms with Gasteiger partial charge < -0.3 is 20.1 Å². The van der Waals surface area contributed by atoms with Crippen molar-refractivity contribution in [2.75, 3.05) is 46.1 Å². The van der Waals surface area contributed by atoms with Crippen LogP contribution in [0.15, 0.2) is 16.6 Å². The van der Waals surface area contributed by atoms with Crippen molar-refractivity contribution in [3.63, 3.8) is 0 Å². The third kappa shape index (κ3) is 12.7. The molecule has 1 aliphatic heterocycles. The lowest BCUT2D eigenvalue weighted by Crippen LogP contribution is -2.38. The first-order chi connectivity index (χ1) is 10.7. The predicted octanol–water partition coefficient (Wildman–Crippen LogP) is 2.96. The van der Waals surface area contributed by atoms with Crippen LogP contribution in [0.1, 0.15) is 40.0 Å². The molecule has 0 unspecified atom stereocenters. The molecule has 0 bridgehead atoms. The molecule has 0 saturated heterocycles. The van der Waals surface area contributed by atoms with Crippen LogP contribution < -0.4 is 10.6 Å². The second kappa shape index (κ2) is 15.2. The lowest BCUT2D eigenvalue weighted by Gasteiger charge is -2.15. The minimum absolute atomic E-state index is 0. The van der Waals surface area contributed by atoms with Crippen molar-refractivity contribution in [1.29, 1.82) is 0 Å². The zero-order valence-corrected chi connectivity index (χ0v) is 17.2. The topological polar surface area (TPSA) is 54.9 Å². The fourth-order valence-corrected chi connectivity index (χ4v) is 2.15. The van der Waals surface area contributed by atoms with E-state index in [-0.39, 0.29) is 24.0 Å². The Morgan fingerprint density at radius 2 is 2.22 bits per heavy atom. The molecule has 6 heteroatoms. The molecular formula is C17H34IN3O2. The highest BCUT2D eigenvalue weighted by Gasteiger charge is 2.04. The summed E-state index contributed by atoms with van der Waals surface area (Å²) in [4.78, 5) is 4.58. The average molecular weight is 439 g/mol. The van der Waals surface area contributed by atoms with Crippen molar-refractivity contribution in [2.45, 2.75) is 40.0 Å². The highest BCUT2D eigenvalue weighted by Crippen LogP contribution is 2.10. The molecular weight excluding hydrogens is 405 g/mol. The van der Waals surface area contributed by atoms with Crippen LogP contribution in [0.4, 0.5) is 0 Å². The summed E-state index contributed by atoms with van der Waals surface area (Å²) < 4.78 is 10.9. The van der Waals surface area contributed by atoms with Gasteiger partial charge in [-0.1, -0.05) is 25.5 Å². The van der Waals surface area contributed by atoms with Crippen LogP contribution in [0.5, 0.6) is 0 Å². The standard InChI is InChI=1S/C17H33N3O2.HI/c1-4-18-17(19-9-5-11-22-14-15(2)3)20-10-6-16-7-12-21-13-8-16;/h7,15H,4-6,8-14H2,1-3H3,(H2,18,19,20);1H. The lowest BCUT2D eigenvalue weighted by atomic mass is 10.1. The van der Waals surface area contributed by atoms with Crippen molar-refractivity contribution >= 4 is 29.9 Å². The van der Waals surface area contributed by atoms with Gasteiger partial charge >= 0.3 is 0 Å². The molecule has 0 atom stereocenters. The molecule has 23 heavy (non-hydrogen) atoms. The number of ether oxygens (including phenoxy) is 2. The van der Waals surface area contributed by atoms with Crippen LogP contribution in [0.25, 0.3) is 0 Å². The maximum Gasteiger partial charge on any atom is 0.191 e. The minimum Gasteiger partial charge on any atom is -0.381 e. The van der Waals surface area contributed by atoms with Gasteiger partial charge in [0, 0.05) is 32.8 Å². The molecule has 5 nitrogen and oxygen atoms in total. The third-order valence-corrected chi connectivity index (χ3v) is 3.31. The van der Waals surface area contributed by atoms with Gasteiger partial charge in [0.05, 0.1) is 13.2 Å². The van der Waals surface area contributed by atoms with E-state index in [0.717, 1.165) is 71.3 Å². The van der Waals surface area contributed by atoms with E-state index in [1.165, 1.54) is 5.57 Å². The number of guanidine groups is 1. The van der Waals surface area contributed by atoms with Gasteiger partial charge in [-0.25, -0.2) is 0 Å². The van der Waals surface area contributed by atoms with Crippen LogP contribution in [-0.2, 0) is 9.47 Å². The lowest BCUT2D eigenvalue weighted by molar-refractivity contribution is 0.109. The van der Waals surface area contributed by atoms with Crippen LogP contribution in [0.2, 0.25) is 0 Å². The van der Waals surface area contributed by atoms with Gasteiger partial charge in [0.15, 0.2) is 5.96 Å². The second-order valence-corrected chi connectivity index (χ2v) is 5.95. The number of nitrogens with one attached hydrogen (secondary N) is 2. The Morgan fingerprint density at radius 3 is 2.87 bits per heavy atom. The molecule has 1 heterocycles. The van der Waals surface area contributed by atoms with Gasteiger partial charge in [0.1, 0.15) is 0 Å². The molecule has 1 rings (SSSR count). The van der Waals surface area contributed by atoms with E-state index in [9.17, 15) is 0 Å². The van der Waals surface area contributed by atoms with Crippen molar-refractivity contribution in [2.24, 2.45) is 10.9 Å². The van der Waals surface area contributed by atoms with E-state index >= 15 is 0 Å². The first-order valence-electron chi connectivity index (χ1n) is 8.58. The molecule has 2 N–H and O–H groups in total. The second-order valence-electron chi connectivity index (χ2n) is 5.95. The zero-order valence-electron chi connectivity index (χ0n) is 14.9. The van der Waals surface area contributed by atoms with Crippen molar-refractivity contribution in [3.8, 4) is 0 Å². The number of rotatable bonds is 10. The van der Waals surface area contributed by atoms with Gasteiger partial charge in [-0.3, -0.25) is 4.99 Å². The smallest absolute Gasteiger partial charge is 0.191 e. The highest BCUT2D eigenvalue weighted by molar-refractivity contribution is 14.0. The summed E-state index contributed by atoms with van der Waals surface area (Å²) in [5.74, 6) is 1.50. The van der Waals surface area contributed by atoms with Crippen LogP contribution in [0, 0.1) is 5.92 Å². The fourth-order valence-electron chi connectivity index (χ4n) is 2.15. The Hall–Kier alpha value is -0.340. The van der Waals surface area contributed by atoms with Crippen LogP contribution in [-0.4, -0.2) is 52.0 Å². The van der Waals surface area contributed by atoms with E-state index in [4.69, 9.17) is 9.47 Å². The number of aliphatic imine (C=N–C) groups is 1. The van der Waals surface area contributed by atoms with Crippen molar-refractivity contribution in [1.82, 2.24) is 10.6 Å². The summed E-state index contributed by atoms with van der Waals surface area (Å²) in [6.07, 6.45) is 5.28. The van der Waals surface area contributed by atoms with E-state index in [2.05, 4.69) is 42.5 Å². The number of halogens is 1. The Balaban J connectivity index is 0.00000484. The normalized spacial score (nSPS) is 15.1. The van der Waals surface area contributed by atoms with Gasteiger partial charge in [-0.15, -0.1) is 24.0 Å². The summed E-state index contributed by atoms with van der Waals surface area (Å²) in [5, 5.41) is 6.68. The largest absolute Gasteiger partial charge is 0.381 e. The Labute approximate surface area is 158 Å². The number of hydrogen-bond acceptors (Lipinski definition) is 3. The molecule has 136 valence electrons. The van der Waals surface area contributed by atoms with Crippen molar-refractivity contribution < 1.29 is 9.47 Å². The van der Waals surface area contributed by atoms with Gasteiger partial charge in [0.2, 0.25) is 0 Å². The van der Waals surface area contributed by atoms with E-state index in [1.54, 1.807) is 0 Å². The third-order valence-electron chi connectivity index (χ3n) is 3.31. The highest BCUT2D eigenvalue weighted by atomic mass is 127. The number of hydrogen-bond donors (Lipinski definition) is 2. The maximum absolute atomic E-state index is 5.57. The van der Waals surface area contributed by atoms with Crippen LogP contribution in [0.3, 0.4) is 0 Å². The molecule has 0 aromatic rings. The Bertz CT molecular complexity index is 347. The van der Waals surface area contributed by atoms with E-state index in [0.29, 0.717) is 5.92 Å².